The number of hydrogen-bond donors (Lipinski definition) is 0. The first-order valence-corrected chi connectivity index (χ1v) is 17.0. The van der Waals surface area contributed by atoms with E-state index in [0.29, 0.717) is 16.7 Å². The lowest BCUT2D eigenvalue weighted by atomic mass is 9.93. The number of nitriles is 3. The summed E-state index contributed by atoms with van der Waals surface area (Å²) in [6, 6.07) is 56.3. The number of fused-ring (bicyclic) bond motifs is 6. The molecule has 0 atom stereocenters. The maximum atomic E-state index is 10.2. The number of nitrogens with zero attached hydrogens (tertiary/aromatic N) is 4. The molecule has 0 fully saturated rings. The van der Waals surface area contributed by atoms with Crippen LogP contribution in [-0.2, 0) is 0 Å². The third-order valence-electron chi connectivity index (χ3n) is 9.42. The van der Waals surface area contributed by atoms with Crippen LogP contribution in [-0.4, -0.2) is 4.57 Å². The second-order valence-electron chi connectivity index (χ2n) is 12.3. The fraction of sp³-hybridized carbons (Fsp3) is 0. The van der Waals surface area contributed by atoms with Crippen LogP contribution in [0.4, 0.5) is 0 Å². The second kappa shape index (κ2) is 11.6. The summed E-state index contributed by atoms with van der Waals surface area (Å²) in [5.74, 6) is 0. The van der Waals surface area contributed by atoms with Gasteiger partial charge >= 0.3 is 0 Å². The highest BCUT2D eigenvalue weighted by atomic mass is 32.1. The van der Waals surface area contributed by atoms with Gasteiger partial charge in [0.05, 0.1) is 45.9 Å². The molecule has 0 unspecified atom stereocenters. The molecule has 0 saturated carbocycles. The first-order chi connectivity index (χ1) is 24.6. The van der Waals surface area contributed by atoms with Gasteiger partial charge in [0.25, 0.3) is 0 Å². The third kappa shape index (κ3) is 4.72. The molecule has 0 aliphatic rings. The highest BCUT2D eigenvalue weighted by Gasteiger charge is 2.17. The molecule has 0 amide bonds. The monoisotopic (exact) mass is 652 g/mol. The minimum Gasteiger partial charge on any atom is -0.309 e. The molecule has 0 aliphatic carbocycles. The van der Waals surface area contributed by atoms with E-state index < -0.39 is 0 Å². The van der Waals surface area contributed by atoms with Crippen molar-refractivity contribution in [1.29, 1.82) is 15.8 Å². The summed E-state index contributed by atoms with van der Waals surface area (Å²) < 4.78 is 4.66. The average molecular weight is 653 g/mol. The zero-order chi connectivity index (χ0) is 33.8. The Morgan fingerprint density at radius 1 is 0.420 bits per heavy atom. The normalized spacial score (nSPS) is 11.1. The molecule has 0 N–H and O–H groups in total. The molecule has 0 spiro atoms. The van der Waals surface area contributed by atoms with Gasteiger partial charge in [-0.15, -0.1) is 11.3 Å². The molecule has 2 heterocycles. The van der Waals surface area contributed by atoms with Crippen molar-refractivity contribution in [3.05, 3.63) is 162 Å². The van der Waals surface area contributed by atoms with Crippen molar-refractivity contribution in [3.63, 3.8) is 0 Å². The lowest BCUT2D eigenvalue weighted by Gasteiger charge is -2.13. The largest absolute Gasteiger partial charge is 0.309 e. The molecular weight excluding hydrogens is 629 g/mol. The molecule has 2 aromatic heterocycles. The van der Waals surface area contributed by atoms with E-state index in [4.69, 9.17) is 0 Å². The predicted molar refractivity (Wildman–Crippen MR) is 204 cm³/mol. The number of benzene rings is 7. The summed E-state index contributed by atoms with van der Waals surface area (Å²) in [4.78, 5) is 0. The van der Waals surface area contributed by atoms with Gasteiger partial charge in [0.15, 0.2) is 0 Å². The third-order valence-corrected chi connectivity index (χ3v) is 10.6. The van der Waals surface area contributed by atoms with Crippen LogP contribution < -0.4 is 0 Å². The smallest absolute Gasteiger partial charge is 0.0992 e. The van der Waals surface area contributed by atoms with Crippen molar-refractivity contribution in [2.45, 2.75) is 0 Å². The van der Waals surface area contributed by atoms with Crippen LogP contribution in [0.1, 0.15) is 16.7 Å². The molecule has 50 heavy (non-hydrogen) atoms. The van der Waals surface area contributed by atoms with E-state index in [2.05, 4.69) is 120 Å². The molecule has 0 radical (unpaired) electrons. The van der Waals surface area contributed by atoms with Crippen LogP contribution in [0, 0.1) is 34.0 Å². The number of aromatic nitrogens is 1. The summed E-state index contributed by atoms with van der Waals surface area (Å²) in [7, 11) is 0. The van der Waals surface area contributed by atoms with Gasteiger partial charge in [-0.05, 0) is 107 Å². The van der Waals surface area contributed by atoms with Gasteiger partial charge in [0.2, 0.25) is 0 Å². The molecular formula is C45H24N4S. The Morgan fingerprint density at radius 3 is 1.72 bits per heavy atom. The Kier molecular flexibility index (Phi) is 6.78. The van der Waals surface area contributed by atoms with Crippen molar-refractivity contribution in [2.24, 2.45) is 0 Å². The Morgan fingerprint density at radius 2 is 1.04 bits per heavy atom. The highest BCUT2D eigenvalue weighted by Crippen LogP contribution is 2.43. The highest BCUT2D eigenvalue weighted by molar-refractivity contribution is 7.26. The quantitative estimate of drug-likeness (QED) is 0.190. The fourth-order valence-electron chi connectivity index (χ4n) is 7.12. The molecule has 9 aromatic rings. The van der Waals surface area contributed by atoms with Gasteiger partial charge in [-0.3, -0.25) is 0 Å². The standard InChI is InChI=1S/C45H24N4S/c46-25-28-13-15-42-39(19-28)40-20-29(26-47)14-16-43(40)49(42)36-18-30(27-48)17-34(22-36)32-9-6-10-33(21-32)35-23-38(31-7-2-1-3-8-31)45-41(24-35)37-11-4-5-12-44(37)50-45/h1-24H. The van der Waals surface area contributed by atoms with Crippen molar-refractivity contribution in [3.8, 4) is 57.3 Å². The minimum atomic E-state index is 0.540. The molecule has 230 valence electrons. The lowest BCUT2D eigenvalue weighted by molar-refractivity contribution is 1.18. The van der Waals surface area contributed by atoms with Gasteiger partial charge in [0.1, 0.15) is 0 Å². The maximum Gasteiger partial charge on any atom is 0.0992 e. The van der Waals surface area contributed by atoms with Gasteiger partial charge in [-0.2, -0.15) is 15.8 Å². The number of hydrogen-bond acceptors (Lipinski definition) is 4. The van der Waals surface area contributed by atoms with E-state index >= 15 is 0 Å². The lowest BCUT2D eigenvalue weighted by Crippen LogP contribution is -1.96. The molecule has 9 rings (SSSR count). The van der Waals surface area contributed by atoms with Crippen LogP contribution in [0.3, 0.4) is 0 Å². The summed E-state index contributed by atoms with van der Waals surface area (Å²) in [6.45, 7) is 0. The minimum absolute atomic E-state index is 0.540. The second-order valence-corrected chi connectivity index (χ2v) is 13.4. The molecule has 0 bridgehead atoms. The first kappa shape index (κ1) is 29.2. The van der Waals surface area contributed by atoms with Crippen molar-refractivity contribution >= 4 is 53.3 Å². The van der Waals surface area contributed by atoms with Crippen molar-refractivity contribution < 1.29 is 0 Å². The van der Waals surface area contributed by atoms with Crippen LogP contribution in [0.25, 0.3) is 81.0 Å². The number of rotatable bonds is 4. The zero-order valence-electron chi connectivity index (χ0n) is 26.6. The zero-order valence-corrected chi connectivity index (χ0v) is 27.4. The van der Waals surface area contributed by atoms with E-state index in [-0.39, 0.29) is 0 Å². The Labute approximate surface area is 292 Å². The Bertz CT molecular complexity index is 2890. The molecule has 0 saturated heterocycles. The van der Waals surface area contributed by atoms with Crippen LogP contribution in [0.5, 0.6) is 0 Å². The van der Waals surface area contributed by atoms with Crippen LogP contribution in [0.2, 0.25) is 0 Å². The maximum absolute atomic E-state index is 10.2. The number of thiophene rings is 1. The van der Waals surface area contributed by atoms with Gasteiger partial charge in [0, 0.05) is 42.2 Å². The van der Waals surface area contributed by atoms with E-state index in [0.717, 1.165) is 49.7 Å². The van der Waals surface area contributed by atoms with Crippen molar-refractivity contribution in [1.82, 2.24) is 4.57 Å². The summed E-state index contributed by atoms with van der Waals surface area (Å²) in [6.07, 6.45) is 0. The molecule has 5 heteroatoms. The van der Waals surface area contributed by atoms with Gasteiger partial charge in [-0.25, -0.2) is 0 Å². The topological polar surface area (TPSA) is 76.3 Å². The predicted octanol–water partition coefficient (Wildman–Crippen LogP) is 11.8. The molecule has 0 aliphatic heterocycles. The first-order valence-electron chi connectivity index (χ1n) is 16.2. The van der Waals surface area contributed by atoms with E-state index in [9.17, 15) is 15.8 Å². The summed E-state index contributed by atoms with van der Waals surface area (Å²) >= 11 is 1.83. The van der Waals surface area contributed by atoms with E-state index in [1.807, 2.05) is 47.7 Å². The van der Waals surface area contributed by atoms with Crippen molar-refractivity contribution in [2.75, 3.05) is 0 Å². The summed E-state index contributed by atoms with van der Waals surface area (Å²) in [5, 5.41) is 33.8. The van der Waals surface area contributed by atoms with Crippen LogP contribution in [0.15, 0.2) is 146 Å². The van der Waals surface area contributed by atoms with E-state index in [1.165, 1.54) is 31.3 Å². The SMILES string of the molecule is N#Cc1cc(-c2cccc(-c3cc(-c4ccccc4)c4sc5ccccc5c4c3)c2)cc(-n2c3ccc(C#N)cc3c3cc(C#N)ccc32)c1. The molecule has 4 nitrogen and oxygen atoms in total. The Balaban J connectivity index is 1.23. The molecule has 7 aromatic carbocycles. The summed E-state index contributed by atoms with van der Waals surface area (Å²) in [5.41, 5.74) is 10.8. The van der Waals surface area contributed by atoms with Gasteiger partial charge in [-0.1, -0.05) is 66.7 Å². The Hall–Kier alpha value is -6.97. The average Bonchev–Trinajstić information content (AvgIpc) is 3.72. The van der Waals surface area contributed by atoms with E-state index in [1.54, 1.807) is 12.1 Å². The fourth-order valence-corrected chi connectivity index (χ4v) is 8.34. The van der Waals surface area contributed by atoms with Crippen LogP contribution >= 0.6 is 11.3 Å². The van der Waals surface area contributed by atoms with Gasteiger partial charge < -0.3 is 4.57 Å².